The Morgan fingerprint density at radius 3 is 2.47 bits per heavy atom. The minimum absolute atomic E-state index is 0.316. The summed E-state index contributed by atoms with van der Waals surface area (Å²) in [5.74, 6) is -0.355. The molecule has 4 aromatic rings. The third-order valence-corrected chi connectivity index (χ3v) is 6.32. The van der Waals surface area contributed by atoms with Gasteiger partial charge in [0.05, 0.1) is 28.1 Å². The van der Waals surface area contributed by atoms with Crippen LogP contribution in [0.5, 0.6) is 0 Å². The Hall–Kier alpha value is -2.80. The molecule has 1 atom stereocenters. The number of nitrogens with one attached hydrogen (secondary N) is 2. The van der Waals surface area contributed by atoms with E-state index in [4.69, 9.17) is 5.73 Å². The quantitative estimate of drug-likeness (QED) is 0.295. The van der Waals surface area contributed by atoms with Crippen LogP contribution >= 0.6 is 0 Å². The van der Waals surface area contributed by atoms with E-state index in [2.05, 4.69) is 9.71 Å². The summed E-state index contributed by atoms with van der Waals surface area (Å²) in [6.07, 6.45) is 1.81. The minimum atomic E-state index is -1.42. The average Bonchev–Trinajstić information content (AvgIpc) is 3.16. The van der Waals surface area contributed by atoms with Crippen LogP contribution in [0.25, 0.3) is 33.2 Å². The predicted molar refractivity (Wildman–Crippen MR) is 123 cm³/mol. The molecule has 4 nitrogen and oxygen atoms in total. The van der Waals surface area contributed by atoms with Crippen molar-refractivity contribution in [2.24, 2.45) is 0 Å². The number of benzene rings is 3. The maximum atomic E-state index is 15.1. The fourth-order valence-corrected chi connectivity index (χ4v) is 4.73. The van der Waals surface area contributed by atoms with Crippen LogP contribution in [0.3, 0.4) is 0 Å². The molecule has 154 valence electrons. The third kappa shape index (κ3) is 4.07. The second kappa shape index (κ2) is 7.80. The van der Waals surface area contributed by atoms with Gasteiger partial charge < -0.3 is 15.3 Å². The van der Waals surface area contributed by atoms with E-state index in [1.165, 1.54) is 6.07 Å². The topological polar surface area (TPSA) is 76.9 Å². The lowest BCUT2D eigenvalue weighted by Crippen LogP contribution is -2.40. The maximum absolute atomic E-state index is 15.1. The van der Waals surface area contributed by atoms with E-state index in [9.17, 15) is 4.55 Å². The number of halogens is 1. The summed E-state index contributed by atoms with van der Waals surface area (Å²) in [5.41, 5.74) is 9.82. The molecule has 0 aliphatic heterocycles. The number of rotatable bonds is 4. The van der Waals surface area contributed by atoms with Crippen molar-refractivity contribution in [3.8, 4) is 22.3 Å². The molecule has 0 aliphatic carbocycles. The van der Waals surface area contributed by atoms with Crippen molar-refractivity contribution in [3.63, 3.8) is 0 Å². The van der Waals surface area contributed by atoms with Gasteiger partial charge in [-0.25, -0.2) is 4.39 Å². The molecule has 1 heterocycles. The van der Waals surface area contributed by atoms with Gasteiger partial charge in [-0.3, -0.25) is 0 Å². The van der Waals surface area contributed by atoms with Crippen molar-refractivity contribution in [1.82, 2.24) is 9.71 Å². The highest BCUT2D eigenvalue weighted by Gasteiger charge is 2.24. The van der Waals surface area contributed by atoms with Gasteiger partial charge in [-0.15, -0.1) is 4.72 Å². The Balaban J connectivity index is 1.74. The molecule has 3 aromatic carbocycles. The van der Waals surface area contributed by atoms with E-state index in [1.54, 1.807) is 18.2 Å². The third-order valence-electron chi connectivity index (χ3n) is 4.77. The van der Waals surface area contributed by atoms with Crippen LogP contribution in [0.4, 0.5) is 10.1 Å². The molecule has 0 amide bonds. The first kappa shape index (κ1) is 20.5. The molecule has 0 fully saturated rings. The predicted octanol–water partition coefficient (Wildman–Crippen LogP) is 5.63. The summed E-state index contributed by atoms with van der Waals surface area (Å²) in [4.78, 5) is 3.71. The Labute approximate surface area is 178 Å². The molecule has 4 rings (SSSR count). The summed E-state index contributed by atoms with van der Waals surface area (Å²) < 4.78 is 31.1. The maximum Gasteiger partial charge on any atom is 0.181 e. The van der Waals surface area contributed by atoms with E-state index >= 15 is 4.39 Å². The second-order valence-corrected chi connectivity index (χ2v) is 9.50. The largest absolute Gasteiger partial charge is 0.593 e. The summed E-state index contributed by atoms with van der Waals surface area (Å²) >= 11 is -1.42. The number of nitrogens with two attached hydrogens (primary N) is 1. The molecule has 30 heavy (non-hydrogen) atoms. The zero-order chi connectivity index (χ0) is 21.5. The van der Waals surface area contributed by atoms with Crippen LogP contribution in [0.15, 0.2) is 71.8 Å². The zero-order valence-corrected chi connectivity index (χ0v) is 17.9. The fraction of sp³-hybridized carbons (Fsp3) is 0.167. The van der Waals surface area contributed by atoms with Crippen LogP contribution in [-0.4, -0.2) is 15.1 Å². The standard InChI is InChI=1S/C24H24FN3OS/c1-24(2,3)28-30(29)22-7-5-4-6-19(22)15-8-9-18(20(25)13-15)17-12-16-10-11-27-23(16)21(26)14-17/h4-14,27-28H,26H2,1-3H3. The molecule has 0 aliphatic rings. The molecule has 0 radical (unpaired) electrons. The number of aromatic amines is 1. The second-order valence-electron chi connectivity index (χ2n) is 8.32. The first-order valence-corrected chi connectivity index (χ1v) is 10.8. The van der Waals surface area contributed by atoms with Gasteiger partial charge >= 0.3 is 0 Å². The first-order chi connectivity index (χ1) is 14.2. The minimum Gasteiger partial charge on any atom is -0.593 e. The fourth-order valence-electron chi connectivity index (χ4n) is 3.47. The highest BCUT2D eigenvalue weighted by atomic mass is 32.2. The smallest absolute Gasteiger partial charge is 0.181 e. The van der Waals surface area contributed by atoms with Crippen molar-refractivity contribution in [2.45, 2.75) is 31.2 Å². The van der Waals surface area contributed by atoms with Crippen LogP contribution < -0.4 is 10.5 Å². The highest BCUT2D eigenvalue weighted by Crippen LogP contribution is 2.34. The van der Waals surface area contributed by atoms with E-state index in [1.807, 2.05) is 63.4 Å². The molecule has 0 saturated carbocycles. The van der Waals surface area contributed by atoms with Crippen LogP contribution in [-0.2, 0) is 11.4 Å². The lowest BCUT2D eigenvalue weighted by molar-refractivity contribution is 0.491. The summed E-state index contributed by atoms with van der Waals surface area (Å²) in [7, 11) is 0. The first-order valence-electron chi connectivity index (χ1n) is 9.68. The molecule has 0 bridgehead atoms. The summed E-state index contributed by atoms with van der Waals surface area (Å²) in [6, 6.07) is 18.0. The molecule has 6 heteroatoms. The van der Waals surface area contributed by atoms with E-state index < -0.39 is 11.4 Å². The molecule has 0 saturated heterocycles. The SMILES string of the molecule is CC(C)(C)N[S+]([O-])c1ccccc1-c1ccc(-c2cc(N)c3[nH]ccc3c2)c(F)c1. The van der Waals surface area contributed by atoms with E-state index in [0.29, 0.717) is 21.7 Å². The Bertz CT molecular complexity index is 1210. The van der Waals surface area contributed by atoms with Crippen molar-refractivity contribution < 1.29 is 8.94 Å². The lowest BCUT2D eigenvalue weighted by atomic mass is 9.98. The number of hydrogen-bond donors (Lipinski definition) is 3. The van der Waals surface area contributed by atoms with E-state index in [-0.39, 0.29) is 11.4 Å². The van der Waals surface area contributed by atoms with Crippen molar-refractivity contribution in [3.05, 3.63) is 72.7 Å². The van der Waals surface area contributed by atoms with Crippen molar-refractivity contribution >= 4 is 28.0 Å². The Kier molecular flexibility index (Phi) is 5.32. The molecule has 0 spiro atoms. The molecule has 1 unspecified atom stereocenters. The number of nitrogen functional groups attached to an aromatic ring is 1. The molecular weight excluding hydrogens is 397 g/mol. The van der Waals surface area contributed by atoms with Gasteiger partial charge in [0, 0.05) is 22.7 Å². The normalized spacial score (nSPS) is 13.0. The lowest BCUT2D eigenvalue weighted by Gasteiger charge is -2.23. The number of fused-ring (bicyclic) bond motifs is 1. The summed E-state index contributed by atoms with van der Waals surface area (Å²) in [6.45, 7) is 5.86. The van der Waals surface area contributed by atoms with Crippen molar-refractivity contribution in [1.29, 1.82) is 0 Å². The molecule has 4 N–H and O–H groups in total. The van der Waals surface area contributed by atoms with Crippen LogP contribution in [0, 0.1) is 5.82 Å². The van der Waals surface area contributed by atoms with Gasteiger partial charge in [-0.1, -0.05) is 24.3 Å². The Morgan fingerprint density at radius 1 is 0.967 bits per heavy atom. The van der Waals surface area contributed by atoms with Gasteiger partial charge in [-0.05, 0) is 68.3 Å². The number of hydrogen-bond acceptors (Lipinski definition) is 3. The molecular formula is C24H24FN3OS. The number of anilines is 1. The van der Waals surface area contributed by atoms with Crippen LogP contribution in [0.1, 0.15) is 20.8 Å². The molecule has 1 aromatic heterocycles. The van der Waals surface area contributed by atoms with Gasteiger partial charge in [-0.2, -0.15) is 0 Å². The monoisotopic (exact) mass is 421 g/mol. The van der Waals surface area contributed by atoms with Gasteiger partial charge in [0.1, 0.15) is 5.82 Å². The van der Waals surface area contributed by atoms with E-state index in [0.717, 1.165) is 22.0 Å². The van der Waals surface area contributed by atoms with Gasteiger partial charge in [0.15, 0.2) is 4.90 Å². The zero-order valence-electron chi connectivity index (χ0n) is 17.1. The highest BCUT2D eigenvalue weighted by molar-refractivity contribution is 7.89. The summed E-state index contributed by atoms with van der Waals surface area (Å²) in [5, 5.41) is 0.933. The average molecular weight is 422 g/mol. The van der Waals surface area contributed by atoms with Gasteiger partial charge in [0.2, 0.25) is 0 Å². The number of aromatic nitrogens is 1. The number of H-pyrrole nitrogens is 1. The van der Waals surface area contributed by atoms with Gasteiger partial charge in [0.25, 0.3) is 0 Å². The van der Waals surface area contributed by atoms with Crippen molar-refractivity contribution in [2.75, 3.05) is 5.73 Å². The van der Waals surface area contributed by atoms with Crippen LogP contribution in [0.2, 0.25) is 0 Å². The Morgan fingerprint density at radius 2 is 1.73 bits per heavy atom.